The first-order valence-corrected chi connectivity index (χ1v) is 12.5. The van der Waals surface area contributed by atoms with Gasteiger partial charge < -0.3 is 24.3 Å². The van der Waals surface area contributed by atoms with E-state index in [1.165, 1.54) is 39.3 Å². The van der Waals surface area contributed by atoms with Crippen molar-refractivity contribution in [2.75, 3.05) is 26.6 Å². The normalized spacial score (nSPS) is 19.7. The molecule has 0 radical (unpaired) electrons. The second-order valence-corrected chi connectivity index (χ2v) is 9.77. The Bertz CT molecular complexity index is 1330. The number of carbonyl (C=O) groups is 1. The van der Waals surface area contributed by atoms with Gasteiger partial charge in [0, 0.05) is 12.0 Å². The number of fused-ring (bicyclic) bond motifs is 1. The van der Waals surface area contributed by atoms with E-state index in [0.717, 1.165) is 6.07 Å². The number of nitrogens with zero attached hydrogens (tertiary/aromatic N) is 4. The highest BCUT2D eigenvalue weighted by Gasteiger charge is 2.34. The molecular weight excluding hydrogens is 494 g/mol. The third-order valence-corrected chi connectivity index (χ3v) is 7.14. The van der Waals surface area contributed by atoms with Crippen LogP contribution in [0.5, 0.6) is 11.6 Å². The molecule has 3 aromatic rings. The number of nitrogen functional groups attached to an aromatic ring is 1. The fraction of sp³-hybridized carbons (Fsp3) is 0.364. The molecule has 1 aliphatic carbocycles. The highest BCUT2D eigenvalue weighted by Crippen LogP contribution is 2.46. The number of esters is 1. The predicted molar refractivity (Wildman–Crippen MR) is 128 cm³/mol. The van der Waals surface area contributed by atoms with Gasteiger partial charge in [0.15, 0.2) is 11.2 Å². The number of hydrogen-bond donors (Lipinski definition) is 2. The summed E-state index contributed by atoms with van der Waals surface area (Å²) in [6.07, 6.45) is 6.05. The Morgan fingerprint density at radius 2 is 2.14 bits per heavy atom. The van der Waals surface area contributed by atoms with E-state index in [2.05, 4.69) is 24.8 Å². The zero-order valence-electron chi connectivity index (χ0n) is 19.8. The van der Waals surface area contributed by atoms with Gasteiger partial charge in [-0.25, -0.2) is 13.9 Å². The van der Waals surface area contributed by atoms with E-state index in [1.54, 1.807) is 6.33 Å². The molecule has 192 valence electrons. The van der Waals surface area contributed by atoms with Crippen LogP contribution in [-0.4, -0.2) is 52.4 Å². The molecule has 0 saturated heterocycles. The molecule has 0 amide bonds. The average molecular weight is 520 g/mol. The lowest BCUT2D eigenvalue weighted by Crippen LogP contribution is -2.34. The SMILES string of the molecule is COC(=O)[C@H](C)NP(=O)(OC[C@@H]1C=C[C@H](n2cnc3c(OC)nc(N)nc32)C1)Oc1cccc(F)c1. The van der Waals surface area contributed by atoms with Crippen molar-refractivity contribution in [2.45, 2.75) is 25.4 Å². The van der Waals surface area contributed by atoms with E-state index in [4.69, 9.17) is 19.5 Å². The first-order chi connectivity index (χ1) is 17.2. The van der Waals surface area contributed by atoms with Gasteiger partial charge in [0.05, 0.1) is 33.2 Å². The molecular formula is C22H26FN6O6P. The molecule has 1 aromatic carbocycles. The van der Waals surface area contributed by atoms with Crippen molar-refractivity contribution in [1.29, 1.82) is 0 Å². The van der Waals surface area contributed by atoms with Crippen LogP contribution in [0, 0.1) is 11.7 Å². The zero-order chi connectivity index (χ0) is 25.9. The molecule has 1 aliphatic rings. The Labute approximate surface area is 206 Å². The molecule has 0 bridgehead atoms. The van der Waals surface area contributed by atoms with Crippen LogP contribution < -0.4 is 20.1 Å². The number of halogens is 1. The molecule has 2 aromatic heterocycles. The number of ether oxygens (including phenoxy) is 2. The number of benzene rings is 1. The molecule has 0 fully saturated rings. The summed E-state index contributed by atoms with van der Waals surface area (Å²) in [5.74, 6) is -1.07. The second kappa shape index (κ2) is 10.6. The van der Waals surface area contributed by atoms with Gasteiger partial charge in [0.1, 0.15) is 17.6 Å². The number of imidazole rings is 1. The Morgan fingerprint density at radius 3 is 2.86 bits per heavy atom. The zero-order valence-corrected chi connectivity index (χ0v) is 20.7. The van der Waals surface area contributed by atoms with Crippen LogP contribution in [0.25, 0.3) is 11.2 Å². The van der Waals surface area contributed by atoms with Crippen LogP contribution in [0.3, 0.4) is 0 Å². The van der Waals surface area contributed by atoms with Crippen molar-refractivity contribution in [2.24, 2.45) is 5.92 Å². The first kappa shape index (κ1) is 25.5. The number of rotatable bonds is 10. The highest BCUT2D eigenvalue weighted by atomic mass is 31.2. The van der Waals surface area contributed by atoms with E-state index in [1.807, 2.05) is 16.7 Å². The van der Waals surface area contributed by atoms with Crippen LogP contribution in [0.1, 0.15) is 19.4 Å². The monoisotopic (exact) mass is 520 g/mol. The van der Waals surface area contributed by atoms with Gasteiger partial charge in [0.25, 0.3) is 0 Å². The van der Waals surface area contributed by atoms with Gasteiger partial charge in [-0.2, -0.15) is 15.1 Å². The summed E-state index contributed by atoms with van der Waals surface area (Å²) in [7, 11) is -1.42. The van der Waals surface area contributed by atoms with Crippen molar-refractivity contribution in [3.8, 4) is 11.6 Å². The van der Waals surface area contributed by atoms with Crippen molar-refractivity contribution >= 4 is 30.8 Å². The molecule has 3 N–H and O–H groups in total. The summed E-state index contributed by atoms with van der Waals surface area (Å²) in [4.78, 5) is 24.5. The number of anilines is 1. The highest BCUT2D eigenvalue weighted by molar-refractivity contribution is 7.52. The van der Waals surface area contributed by atoms with Gasteiger partial charge in [-0.3, -0.25) is 9.32 Å². The van der Waals surface area contributed by atoms with E-state index >= 15 is 0 Å². The van der Waals surface area contributed by atoms with Crippen molar-refractivity contribution in [3.63, 3.8) is 0 Å². The molecule has 4 atom stereocenters. The largest absolute Gasteiger partial charge is 0.479 e. The third kappa shape index (κ3) is 5.64. The smallest absolute Gasteiger partial charge is 0.459 e. The second-order valence-electron chi connectivity index (χ2n) is 8.08. The number of nitrogens with one attached hydrogen (secondary N) is 1. The number of allylic oxidation sites excluding steroid dienone is 1. The summed E-state index contributed by atoms with van der Waals surface area (Å²) in [5.41, 5.74) is 6.80. The van der Waals surface area contributed by atoms with Crippen LogP contribution in [0.15, 0.2) is 42.7 Å². The lowest BCUT2D eigenvalue weighted by molar-refractivity contribution is -0.142. The minimum absolute atomic E-state index is 0.00639. The van der Waals surface area contributed by atoms with Gasteiger partial charge >= 0.3 is 13.7 Å². The van der Waals surface area contributed by atoms with Gasteiger partial charge in [-0.1, -0.05) is 18.2 Å². The Morgan fingerprint density at radius 1 is 1.33 bits per heavy atom. The van der Waals surface area contributed by atoms with Crippen LogP contribution in [0.4, 0.5) is 10.3 Å². The van der Waals surface area contributed by atoms with E-state index in [-0.39, 0.29) is 36.1 Å². The maximum absolute atomic E-state index is 13.6. The van der Waals surface area contributed by atoms with Crippen molar-refractivity contribution < 1.29 is 32.3 Å². The molecule has 1 unspecified atom stereocenters. The molecule has 14 heteroatoms. The lowest BCUT2D eigenvalue weighted by Gasteiger charge is -2.23. The maximum atomic E-state index is 13.6. The maximum Gasteiger partial charge on any atom is 0.459 e. The van der Waals surface area contributed by atoms with Crippen molar-refractivity contribution in [3.05, 3.63) is 48.6 Å². The Kier molecular flexibility index (Phi) is 7.53. The summed E-state index contributed by atoms with van der Waals surface area (Å²) in [6.45, 7) is 1.45. The predicted octanol–water partition coefficient (Wildman–Crippen LogP) is 3.03. The van der Waals surface area contributed by atoms with Gasteiger partial charge in [-0.15, -0.1) is 0 Å². The Balaban J connectivity index is 1.47. The molecule has 4 rings (SSSR count). The third-order valence-electron chi connectivity index (χ3n) is 5.49. The first-order valence-electron chi connectivity index (χ1n) is 11.0. The topological polar surface area (TPSA) is 153 Å². The number of aromatic nitrogens is 4. The number of methoxy groups -OCH3 is 2. The average Bonchev–Trinajstić information content (AvgIpc) is 3.48. The molecule has 0 aliphatic heterocycles. The quantitative estimate of drug-likeness (QED) is 0.230. The van der Waals surface area contributed by atoms with E-state index in [0.29, 0.717) is 17.6 Å². The van der Waals surface area contributed by atoms with Gasteiger partial charge in [0.2, 0.25) is 11.8 Å². The summed E-state index contributed by atoms with van der Waals surface area (Å²) >= 11 is 0. The van der Waals surface area contributed by atoms with E-state index in [9.17, 15) is 13.8 Å². The Hall–Kier alpha value is -3.54. The van der Waals surface area contributed by atoms with Crippen molar-refractivity contribution in [1.82, 2.24) is 24.6 Å². The summed E-state index contributed by atoms with van der Waals surface area (Å²) in [6, 6.07) is 4.00. The fourth-order valence-electron chi connectivity index (χ4n) is 3.79. The molecule has 36 heavy (non-hydrogen) atoms. The number of nitrogens with two attached hydrogens (primary N) is 1. The molecule has 0 saturated carbocycles. The van der Waals surface area contributed by atoms with Crippen LogP contribution in [-0.2, 0) is 18.6 Å². The minimum atomic E-state index is -4.10. The number of carbonyl (C=O) groups excluding carboxylic acids is 1. The molecule has 12 nitrogen and oxygen atoms in total. The molecule has 2 heterocycles. The summed E-state index contributed by atoms with van der Waals surface area (Å²) in [5, 5.41) is 2.55. The number of hydrogen-bond acceptors (Lipinski definition) is 10. The van der Waals surface area contributed by atoms with Crippen LogP contribution >= 0.6 is 7.75 Å². The minimum Gasteiger partial charge on any atom is -0.479 e. The lowest BCUT2D eigenvalue weighted by atomic mass is 10.1. The standard InChI is InChI=1S/C22H26FN6O6P/c1-13(21(30)33-3)28-36(31,35-17-6-4-5-15(23)10-17)34-11-14-7-8-16(9-14)29-12-25-18-19(29)26-22(24)27-20(18)32-2/h4-8,10,12-14,16H,9,11H2,1-3H3,(H,28,31)(H2,24,26,27)/t13-,14+,16-,36?/m0/s1. The van der Waals surface area contributed by atoms with Crippen LogP contribution in [0.2, 0.25) is 0 Å². The van der Waals surface area contributed by atoms with Gasteiger partial charge in [-0.05, 0) is 25.5 Å². The van der Waals surface area contributed by atoms with E-state index < -0.39 is 25.6 Å². The fourth-order valence-corrected chi connectivity index (χ4v) is 5.33. The molecule has 0 spiro atoms. The summed E-state index contributed by atoms with van der Waals surface area (Å²) < 4.78 is 50.1.